The third-order valence-corrected chi connectivity index (χ3v) is 5.77. The summed E-state index contributed by atoms with van der Waals surface area (Å²) in [4.78, 5) is 5.61. The molecule has 0 aliphatic heterocycles. The number of halogens is 1. The third kappa shape index (κ3) is 5.07. The van der Waals surface area contributed by atoms with Crippen LogP contribution in [-0.4, -0.2) is 36.8 Å². The molecule has 0 radical (unpaired) electrons. The number of rotatable bonds is 7. The van der Waals surface area contributed by atoms with E-state index >= 15 is 0 Å². The molecule has 0 spiro atoms. The number of thiocarbonyl (C=S) groups is 1. The van der Waals surface area contributed by atoms with Gasteiger partial charge in [-0.05, 0) is 38.1 Å². The topological polar surface area (TPSA) is 88.5 Å². The maximum atomic E-state index is 13.7. The highest BCUT2D eigenvalue weighted by molar-refractivity contribution is 7.99. The van der Waals surface area contributed by atoms with E-state index in [2.05, 4.69) is 10.3 Å². The summed E-state index contributed by atoms with van der Waals surface area (Å²) in [6, 6.07) is 15.7. The van der Waals surface area contributed by atoms with E-state index < -0.39 is 5.60 Å². The van der Waals surface area contributed by atoms with Crippen LogP contribution in [0.3, 0.4) is 0 Å². The van der Waals surface area contributed by atoms with Gasteiger partial charge in [0.15, 0.2) is 5.65 Å². The molecule has 164 valence electrons. The Hall–Kier alpha value is -3.01. The van der Waals surface area contributed by atoms with Crippen molar-refractivity contribution in [3.8, 4) is 11.3 Å². The van der Waals surface area contributed by atoms with Gasteiger partial charge in [0.25, 0.3) is 0 Å². The van der Waals surface area contributed by atoms with Gasteiger partial charge in [-0.15, -0.1) is 0 Å². The number of fused-ring (bicyclic) bond motifs is 1. The smallest absolute Gasteiger partial charge is 0.177 e. The second-order valence-corrected chi connectivity index (χ2v) is 9.48. The number of nitrogens with two attached hydrogens (primary N) is 1. The fourth-order valence-electron chi connectivity index (χ4n) is 3.09. The molecule has 0 saturated carbocycles. The average molecular weight is 468 g/mol. The predicted octanol–water partition coefficient (Wildman–Crippen LogP) is 4.50. The van der Waals surface area contributed by atoms with E-state index in [1.165, 1.54) is 23.9 Å². The quantitative estimate of drug-likeness (QED) is 0.345. The van der Waals surface area contributed by atoms with Crippen molar-refractivity contribution < 1.29 is 9.50 Å². The number of hydrogen-bond acceptors (Lipinski definition) is 6. The highest BCUT2D eigenvalue weighted by atomic mass is 32.2. The van der Waals surface area contributed by atoms with E-state index in [1.54, 1.807) is 30.6 Å². The summed E-state index contributed by atoms with van der Waals surface area (Å²) >= 11 is 6.38. The molecular weight excluding hydrogens is 445 g/mol. The predicted molar refractivity (Wildman–Crippen MR) is 130 cm³/mol. The van der Waals surface area contributed by atoms with Crippen LogP contribution < -0.4 is 11.1 Å². The number of hydrogen-bond donors (Lipinski definition) is 3. The molecule has 0 aliphatic rings. The number of aromatic nitrogens is 3. The fourth-order valence-corrected chi connectivity index (χ4v) is 4.09. The first-order chi connectivity index (χ1) is 15.2. The van der Waals surface area contributed by atoms with Crippen molar-refractivity contribution >= 4 is 40.3 Å². The lowest BCUT2D eigenvalue weighted by Gasteiger charge is -2.19. The van der Waals surface area contributed by atoms with Crippen molar-refractivity contribution in [3.05, 3.63) is 72.2 Å². The first kappa shape index (κ1) is 22.2. The molecule has 2 aromatic carbocycles. The Morgan fingerprint density at radius 2 is 1.97 bits per heavy atom. The number of nitrogens with one attached hydrogen (secondary N) is 1. The zero-order chi connectivity index (χ0) is 22.9. The van der Waals surface area contributed by atoms with Crippen LogP contribution in [0.15, 0.2) is 70.7 Å². The number of imidazole rings is 1. The van der Waals surface area contributed by atoms with Crippen LogP contribution in [0.5, 0.6) is 0 Å². The normalized spacial score (nSPS) is 11.6. The Bertz CT molecular complexity index is 1280. The molecule has 2 aromatic heterocycles. The molecule has 4 rings (SSSR count). The number of aliphatic hydroxyl groups is 1. The van der Waals surface area contributed by atoms with Crippen molar-refractivity contribution in [2.45, 2.75) is 29.4 Å². The van der Waals surface area contributed by atoms with E-state index in [1.807, 2.05) is 36.4 Å². The largest absolute Gasteiger partial charge is 0.389 e. The van der Waals surface area contributed by atoms with Crippen molar-refractivity contribution in [2.75, 3.05) is 11.9 Å². The molecule has 4 N–H and O–H groups in total. The molecule has 9 heteroatoms. The molecule has 0 saturated heterocycles. The van der Waals surface area contributed by atoms with Gasteiger partial charge in [-0.2, -0.15) is 5.10 Å². The van der Waals surface area contributed by atoms with Gasteiger partial charge in [0, 0.05) is 22.6 Å². The van der Waals surface area contributed by atoms with Gasteiger partial charge in [-0.25, -0.2) is 13.9 Å². The minimum Gasteiger partial charge on any atom is -0.389 e. The van der Waals surface area contributed by atoms with Crippen molar-refractivity contribution in [1.82, 2.24) is 14.6 Å². The van der Waals surface area contributed by atoms with Gasteiger partial charge in [0.1, 0.15) is 15.8 Å². The fraction of sp³-hybridized carbons (Fsp3) is 0.174. The SMILES string of the molecule is CC(C)(O)CNc1cc(Sc2cccc(F)c2)nn2c(-c3ccc(C(N)=S)cc3)cnc12. The minimum atomic E-state index is -0.915. The van der Waals surface area contributed by atoms with E-state index in [4.69, 9.17) is 23.1 Å². The van der Waals surface area contributed by atoms with Gasteiger partial charge >= 0.3 is 0 Å². The monoisotopic (exact) mass is 467 g/mol. The van der Waals surface area contributed by atoms with Crippen molar-refractivity contribution in [2.24, 2.45) is 5.73 Å². The molecule has 2 heterocycles. The van der Waals surface area contributed by atoms with Gasteiger partial charge in [0.2, 0.25) is 0 Å². The van der Waals surface area contributed by atoms with Crippen LogP contribution in [0.1, 0.15) is 19.4 Å². The zero-order valence-electron chi connectivity index (χ0n) is 17.5. The summed E-state index contributed by atoms with van der Waals surface area (Å²) in [7, 11) is 0. The lowest BCUT2D eigenvalue weighted by atomic mass is 10.1. The Balaban J connectivity index is 1.79. The first-order valence-corrected chi connectivity index (χ1v) is 11.1. The minimum absolute atomic E-state index is 0.308. The summed E-state index contributed by atoms with van der Waals surface area (Å²) in [6.07, 6.45) is 1.74. The summed E-state index contributed by atoms with van der Waals surface area (Å²) in [5.74, 6) is -0.308. The highest BCUT2D eigenvalue weighted by Gasteiger charge is 2.17. The van der Waals surface area contributed by atoms with Crippen LogP contribution in [0, 0.1) is 5.82 Å². The van der Waals surface area contributed by atoms with Crippen LogP contribution in [0.4, 0.5) is 10.1 Å². The highest BCUT2D eigenvalue weighted by Crippen LogP contribution is 2.32. The van der Waals surface area contributed by atoms with E-state index in [0.29, 0.717) is 27.9 Å². The molecule has 0 unspecified atom stereocenters. The molecule has 0 atom stereocenters. The molecular formula is C23H22FN5OS2. The summed E-state index contributed by atoms with van der Waals surface area (Å²) < 4.78 is 15.4. The second-order valence-electron chi connectivity index (χ2n) is 7.94. The molecule has 4 aromatic rings. The maximum Gasteiger partial charge on any atom is 0.177 e. The van der Waals surface area contributed by atoms with Crippen molar-refractivity contribution in [1.29, 1.82) is 0 Å². The average Bonchev–Trinajstić information content (AvgIpc) is 3.15. The van der Waals surface area contributed by atoms with Gasteiger partial charge in [-0.3, -0.25) is 0 Å². The van der Waals surface area contributed by atoms with Crippen LogP contribution in [0.2, 0.25) is 0 Å². The Morgan fingerprint density at radius 3 is 2.62 bits per heavy atom. The van der Waals surface area contributed by atoms with Crippen LogP contribution >= 0.6 is 24.0 Å². The second kappa shape index (κ2) is 8.85. The van der Waals surface area contributed by atoms with Gasteiger partial charge < -0.3 is 16.2 Å². The van der Waals surface area contributed by atoms with Gasteiger partial charge in [-0.1, -0.05) is 54.3 Å². The molecule has 0 aliphatic carbocycles. The number of benzene rings is 2. The number of anilines is 1. The third-order valence-electron chi connectivity index (χ3n) is 4.64. The van der Waals surface area contributed by atoms with E-state index in [-0.39, 0.29) is 5.82 Å². The molecule has 32 heavy (non-hydrogen) atoms. The van der Waals surface area contributed by atoms with Crippen molar-refractivity contribution in [3.63, 3.8) is 0 Å². The lowest BCUT2D eigenvalue weighted by molar-refractivity contribution is 0.0945. The van der Waals surface area contributed by atoms with Crippen LogP contribution in [-0.2, 0) is 0 Å². The number of nitrogens with zero attached hydrogens (tertiary/aromatic N) is 3. The Morgan fingerprint density at radius 1 is 1.22 bits per heavy atom. The standard InChI is InChI=1S/C23H22FN5OS2/c1-23(2,30)13-27-18-11-20(32-17-5-3-4-16(24)10-17)28-29-19(12-26-22(18)29)14-6-8-15(9-7-14)21(25)31/h3-12,27,30H,13H2,1-2H3,(H2,25,31). The van der Waals surface area contributed by atoms with E-state index in [9.17, 15) is 9.50 Å². The van der Waals surface area contributed by atoms with E-state index in [0.717, 1.165) is 21.7 Å². The zero-order valence-corrected chi connectivity index (χ0v) is 19.2. The maximum absolute atomic E-state index is 13.7. The lowest BCUT2D eigenvalue weighted by Crippen LogP contribution is -2.29. The summed E-state index contributed by atoms with van der Waals surface area (Å²) in [5.41, 5.74) is 8.58. The Kier molecular flexibility index (Phi) is 6.14. The van der Waals surface area contributed by atoms with Gasteiger partial charge in [0.05, 0.1) is 23.2 Å². The molecule has 0 amide bonds. The molecule has 0 bridgehead atoms. The summed E-state index contributed by atoms with van der Waals surface area (Å²) in [5, 5.41) is 18.8. The first-order valence-electron chi connectivity index (χ1n) is 9.88. The Labute approximate surface area is 194 Å². The summed E-state index contributed by atoms with van der Waals surface area (Å²) in [6.45, 7) is 3.77. The molecule has 6 nitrogen and oxygen atoms in total. The van der Waals surface area contributed by atoms with Crippen LogP contribution in [0.25, 0.3) is 16.9 Å². The molecule has 0 fully saturated rings.